The van der Waals surface area contributed by atoms with Gasteiger partial charge in [-0.25, -0.2) is 4.79 Å². The van der Waals surface area contributed by atoms with Crippen molar-refractivity contribution >= 4 is 5.97 Å². The molecule has 7 aliphatic rings. The zero-order valence-corrected chi connectivity index (χ0v) is 17.4. The van der Waals surface area contributed by atoms with Gasteiger partial charge in [0.15, 0.2) is 0 Å². The minimum atomic E-state index is -0.302. The van der Waals surface area contributed by atoms with Crippen molar-refractivity contribution in [1.29, 1.82) is 0 Å². The monoisotopic (exact) mass is 393 g/mol. The van der Waals surface area contributed by atoms with E-state index in [1.165, 1.54) is 38.5 Å². The summed E-state index contributed by atoms with van der Waals surface area (Å²) in [6.45, 7) is 2.35. The fraction of sp³-hybridized carbons (Fsp3) is 0.800. The Hall–Kier alpha value is -1.45. The van der Waals surface area contributed by atoms with Crippen LogP contribution in [0.1, 0.15) is 71.1 Å². The number of ether oxygens (including phenoxy) is 1. The highest BCUT2D eigenvalue weighted by Gasteiger charge is 2.79. The first-order valence-electron chi connectivity index (χ1n) is 12.0. The number of allylic oxidation sites excluding steroid dienone is 1. The minimum Gasteiger partial charge on any atom is -0.451 e. The van der Waals surface area contributed by atoms with Crippen molar-refractivity contribution in [2.75, 3.05) is 0 Å². The Kier molecular flexibility index (Phi) is 3.11. The van der Waals surface area contributed by atoms with Gasteiger partial charge in [-0.05, 0) is 99.4 Å². The summed E-state index contributed by atoms with van der Waals surface area (Å²) in [7, 11) is 0. The first-order chi connectivity index (χ1) is 14.1. The molecule has 154 valence electrons. The van der Waals surface area contributed by atoms with Crippen LogP contribution in [0.15, 0.2) is 28.5 Å². The number of nitrogens with zero attached hydrogens (tertiary/aromatic N) is 1. The molecular formula is C25H31NO3. The zero-order chi connectivity index (χ0) is 19.6. The van der Waals surface area contributed by atoms with Crippen LogP contribution in [0.25, 0.3) is 0 Å². The van der Waals surface area contributed by atoms with Crippen LogP contribution in [-0.2, 0) is 9.53 Å². The number of fused-ring (bicyclic) bond motifs is 9. The summed E-state index contributed by atoms with van der Waals surface area (Å²) >= 11 is 0. The van der Waals surface area contributed by atoms with Crippen molar-refractivity contribution in [3.05, 3.63) is 28.2 Å². The van der Waals surface area contributed by atoms with Gasteiger partial charge in [0.05, 0.1) is 6.04 Å². The maximum Gasteiger partial charge on any atom is 0.331 e. The number of carbonyl (C=O) groups is 1. The quantitative estimate of drug-likeness (QED) is 0.362. The smallest absolute Gasteiger partial charge is 0.331 e. The Morgan fingerprint density at radius 2 is 2.07 bits per heavy atom. The molecule has 4 saturated carbocycles. The topological polar surface area (TPSA) is 55.7 Å². The molecule has 0 amide bonds. The predicted molar refractivity (Wildman–Crippen MR) is 109 cm³/mol. The van der Waals surface area contributed by atoms with Crippen LogP contribution in [-0.4, -0.2) is 17.6 Å². The Morgan fingerprint density at radius 3 is 2.76 bits per heavy atom. The van der Waals surface area contributed by atoms with E-state index in [-0.39, 0.29) is 23.0 Å². The van der Waals surface area contributed by atoms with Gasteiger partial charge in [-0.3, -0.25) is 0 Å². The molecule has 0 aromatic carbocycles. The fourth-order valence-electron chi connectivity index (χ4n) is 9.62. The van der Waals surface area contributed by atoms with Gasteiger partial charge in [0.25, 0.3) is 0 Å². The molecule has 7 rings (SSSR count). The Bertz CT molecular complexity index is 884. The third-order valence-electron chi connectivity index (χ3n) is 10.8. The fourth-order valence-corrected chi connectivity index (χ4v) is 9.62. The van der Waals surface area contributed by atoms with Crippen molar-refractivity contribution in [1.82, 2.24) is 0 Å². The van der Waals surface area contributed by atoms with Crippen LogP contribution in [0, 0.1) is 45.3 Å². The first kappa shape index (κ1) is 17.3. The van der Waals surface area contributed by atoms with Gasteiger partial charge in [0, 0.05) is 17.4 Å². The maximum absolute atomic E-state index is 12.2. The largest absolute Gasteiger partial charge is 0.451 e. The Morgan fingerprint density at radius 1 is 1.21 bits per heavy atom. The molecule has 4 nitrogen and oxygen atoms in total. The average Bonchev–Trinajstić information content (AvgIpc) is 3.65. The summed E-state index contributed by atoms with van der Waals surface area (Å²) in [5.74, 6) is 3.39. The highest BCUT2D eigenvalue weighted by atomic mass is 16.6. The zero-order valence-electron chi connectivity index (χ0n) is 17.4. The van der Waals surface area contributed by atoms with E-state index in [0.717, 1.165) is 37.5 Å². The number of carbonyl (C=O) groups excluding carboxylic acids is 1. The van der Waals surface area contributed by atoms with Crippen LogP contribution >= 0.6 is 0 Å². The van der Waals surface area contributed by atoms with Gasteiger partial charge < -0.3 is 4.74 Å². The second-order valence-corrected chi connectivity index (χ2v) is 11.4. The highest BCUT2D eigenvalue weighted by molar-refractivity contribution is 5.86. The SMILES string of the molecule is CC[C@]12CCC3C4=C(CC(N=O)CC4)C4(CC4)CC3C1C1CC1[C@@]21C=CC(=O)O1. The molecule has 2 spiro atoms. The average molecular weight is 394 g/mol. The molecule has 0 saturated heterocycles. The lowest BCUT2D eigenvalue weighted by molar-refractivity contribution is -0.170. The first-order valence-corrected chi connectivity index (χ1v) is 12.0. The van der Waals surface area contributed by atoms with E-state index in [2.05, 4.69) is 18.2 Å². The third kappa shape index (κ3) is 1.87. The number of rotatable bonds is 2. The van der Waals surface area contributed by atoms with Crippen molar-refractivity contribution in [2.45, 2.75) is 82.8 Å². The normalized spacial score (nSPS) is 52.7. The molecule has 0 radical (unpaired) electrons. The molecule has 1 heterocycles. The van der Waals surface area contributed by atoms with Gasteiger partial charge in [0.1, 0.15) is 5.60 Å². The molecule has 0 aromatic rings. The standard InChI is InChI=1S/C25H31NO3/c1-2-24-7-5-15-16-4-3-14(26-28)11-19(16)23(9-10-23)13-18(15)22(24)17-12-20(17)25(24)8-6-21(27)29-25/h6,8,14-15,17-18,20,22H,2-5,7,9-13H2,1H3/t14?,15?,17?,18?,20?,22?,24-,25-/m0/s1. The summed E-state index contributed by atoms with van der Waals surface area (Å²) in [6.07, 6.45) is 15.7. The molecule has 0 bridgehead atoms. The molecule has 0 N–H and O–H groups in total. The Balaban J connectivity index is 1.32. The third-order valence-corrected chi connectivity index (χ3v) is 10.8. The van der Waals surface area contributed by atoms with Gasteiger partial charge in [-0.1, -0.05) is 23.2 Å². The van der Waals surface area contributed by atoms with E-state index in [1.54, 1.807) is 17.2 Å². The van der Waals surface area contributed by atoms with Gasteiger partial charge in [0.2, 0.25) is 0 Å². The second-order valence-electron chi connectivity index (χ2n) is 11.4. The molecule has 29 heavy (non-hydrogen) atoms. The molecular weight excluding hydrogens is 362 g/mol. The lowest BCUT2D eigenvalue weighted by Gasteiger charge is -2.58. The number of nitroso groups, excluding NO2 is 1. The summed E-state index contributed by atoms with van der Waals surface area (Å²) in [5.41, 5.74) is 3.68. The van der Waals surface area contributed by atoms with Crippen LogP contribution in [0.4, 0.5) is 0 Å². The van der Waals surface area contributed by atoms with E-state index in [0.29, 0.717) is 23.2 Å². The van der Waals surface area contributed by atoms with Crippen molar-refractivity contribution in [2.24, 2.45) is 45.6 Å². The number of hydrogen-bond acceptors (Lipinski definition) is 4. The summed E-state index contributed by atoms with van der Waals surface area (Å²) in [4.78, 5) is 23.5. The van der Waals surface area contributed by atoms with E-state index in [4.69, 9.17) is 4.74 Å². The van der Waals surface area contributed by atoms with Crippen LogP contribution in [0.5, 0.6) is 0 Å². The van der Waals surface area contributed by atoms with E-state index in [1.807, 2.05) is 0 Å². The van der Waals surface area contributed by atoms with E-state index < -0.39 is 0 Å². The van der Waals surface area contributed by atoms with Crippen molar-refractivity contribution < 1.29 is 9.53 Å². The maximum atomic E-state index is 12.2. The van der Waals surface area contributed by atoms with Gasteiger partial charge in [-0.15, -0.1) is 0 Å². The van der Waals surface area contributed by atoms with E-state index >= 15 is 0 Å². The predicted octanol–water partition coefficient (Wildman–Crippen LogP) is 5.33. The molecule has 4 fully saturated rings. The van der Waals surface area contributed by atoms with Crippen molar-refractivity contribution in [3.8, 4) is 0 Å². The lowest BCUT2D eigenvalue weighted by atomic mass is 9.47. The van der Waals surface area contributed by atoms with Gasteiger partial charge in [-0.2, -0.15) is 4.91 Å². The minimum absolute atomic E-state index is 0.0201. The lowest BCUT2D eigenvalue weighted by Crippen LogP contribution is -2.56. The molecule has 6 unspecified atom stereocenters. The molecule has 6 aliphatic carbocycles. The second kappa shape index (κ2) is 5.23. The van der Waals surface area contributed by atoms with Crippen LogP contribution in [0.3, 0.4) is 0 Å². The van der Waals surface area contributed by atoms with Crippen LogP contribution in [0.2, 0.25) is 0 Å². The highest BCUT2D eigenvalue weighted by Crippen LogP contribution is 2.80. The number of hydrogen-bond donors (Lipinski definition) is 0. The number of esters is 1. The summed E-state index contributed by atoms with van der Waals surface area (Å²) < 4.78 is 6.20. The molecule has 8 atom stereocenters. The molecule has 1 aliphatic heterocycles. The Labute approximate surface area is 172 Å². The summed E-state index contributed by atoms with van der Waals surface area (Å²) in [6, 6.07) is 0.0201. The van der Waals surface area contributed by atoms with E-state index in [9.17, 15) is 9.70 Å². The van der Waals surface area contributed by atoms with Crippen LogP contribution < -0.4 is 0 Å². The molecule has 0 aromatic heterocycles. The summed E-state index contributed by atoms with van der Waals surface area (Å²) in [5, 5.41) is 3.45. The molecule has 4 heteroatoms. The van der Waals surface area contributed by atoms with Crippen molar-refractivity contribution in [3.63, 3.8) is 0 Å². The van der Waals surface area contributed by atoms with Gasteiger partial charge >= 0.3 is 5.97 Å².